The zero-order valence-electron chi connectivity index (χ0n) is 7.16. The van der Waals surface area contributed by atoms with Gasteiger partial charge in [-0.1, -0.05) is 18.2 Å². The molecule has 13 heavy (non-hydrogen) atoms. The summed E-state index contributed by atoms with van der Waals surface area (Å²) in [6.07, 6.45) is 2.96. The Bertz CT molecular complexity index is 420. The molecule has 0 aliphatic rings. The number of aromatic nitrogens is 1. The Morgan fingerprint density at radius 1 is 1.31 bits per heavy atom. The molecule has 0 saturated heterocycles. The summed E-state index contributed by atoms with van der Waals surface area (Å²) in [5.41, 5.74) is 2.48. The third-order valence-electron chi connectivity index (χ3n) is 2.15. The molecule has 1 aromatic heterocycles. The van der Waals surface area contributed by atoms with Crippen molar-refractivity contribution in [3.05, 3.63) is 36.0 Å². The molecule has 0 radical (unpaired) electrons. The first-order chi connectivity index (χ1) is 6.42. The summed E-state index contributed by atoms with van der Waals surface area (Å²) in [7, 11) is 0. The number of H-pyrrole nitrogens is 1. The van der Waals surface area contributed by atoms with Crippen LogP contribution in [0.25, 0.3) is 10.9 Å². The smallest absolute Gasteiger partial charge is 0.0562 e. The van der Waals surface area contributed by atoms with Gasteiger partial charge in [-0.05, 0) is 18.1 Å². The van der Waals surface area contributed by atoms with Crippen molar-refractivity contribution in [1.82, 2.24) is 4.98 Å². The molecule has 0 aliphatic carbocycles. The van der Waals surface area contributed by atoms with Gasteiger partial charge in [0, 0.05) is 29.5 Å². The number of nitrogens with zero attached hydrogens (tertiary/aromatic N) is 1. The van der Waals surface area contributed by atoms with Gasteiger partial charge in [-0.3, -0.25) is 0 Å². The number of nitrogens with one attached hydrogen (secondary N) is 1. The van der Waals surface area contributed by atoms with E-state index in [1.807, 2.05) is 18.3 Å². The van der Waals surface area contributed by atoms with E-state index in [-0.39, 0.29) is 0 Å². The first-order valence-electron chi connectivity index (χ1n) is 4.26. The summed E-state index contributed by atoms with van der Waals surface area (Å²) in [4.78, 5) is 3.22. The number of rotatable bonds is 3. The topological polar surface area (TPSA) is 28.1 Å². The molecule has 2 aromatic rings. The second kappa shape index (κ2) is 3.66. The second-order valence-corrected chi connectivity index (χ2v) is 3.22. The summed E-state index contributed by atoms with van der Waals surface area (Å²) in [5.74, 6) is 0. The number of para-hydroxylation sites is 1. The molecule has 2 rings (SSSR count). The first kappa shape index (κ1) is 8.38. The number of hydrogen-bond donors (Lipinski definition) is 1. The second-order valence-electron chi connectivity index (χ2n) is 2.96. The fraction of sp³-hybridized carbons (Fsp3) is 0.200. The maximum absolute atomic E-state index is 4.56. The highest BCUT2D eigenvalue weighted by Gasteiger charge is 2.00. The highest BCUT2D eigenvalue weighted by molar-refractivity contribution is 7.47. The Morgan fingerprint density at radius 3 is 3.00 bits per heavy atom. The van der Waals surface area contributed by atoms with Gasteiger partial charge >= 0.3 is 0 Å². The molecule has 0 bridgehead atoms. The molecule has 0 unspecified atom stereocenters. The zero-order valence-corrected chi connectivity index (χ0v) is 7.97. The lowest BCUT2D eigenvalue weighted by Gasteiger charge is -1.93. The molecule has 1 aromatic carbocycles. The van der Waals surface area contributed by atoms with Crippen molar-refractivity contribution in [2.24, 2.45) is 4.36 Å². The minimum absolute atomic E-state index is 0.719. The van der Waals surface area contributed by atoms with Gasteiger partial charge in [0.1, 0.15) is 0 Å². The quantitative estimate of drug-likeness (QED) is 0.791. The van der Waals surface area contributed by atoms with Crippen molar-refractivity contribution in [2.75, 3.05) is 6.54 Å². The lowest BCUT2D eigenvalue weighted by Crippen LogP contribution is -1.85. The van der Waals surface area contributed by atoms with Crippen molar-refractivity contribution < 1.29 is 0 Å². The normalized spacial score (nSPS) is 10.5. The van der Waals surface area contributed by atoms with Crippen LogP contribution in [-0.2, 0) is 18.8 Å². The fourth-order valence-electron chi connectivity index (χ4n) is 1.50. The van der Waals surface area contributed by atoms with Gasteiger partial charge < -0.3 is 4.98 Å². The van der Waals surface area contributed by atoms with E-state index in [1.165, 1.54) is 16.5 Å². The fourth-order valence-corrected chi connectivity index (χ4v) is 1.60. The van der Waals surface area contributed by atoms with Crippen LogP contribution in [0.15, 0.2) is 34.8 Å². The van der Waals surface area contributed by atoms with E-state index in [0.29, 0.717) is 0 Å². The van der Waals surface area contributed by atoms with Crippen LogP contribution in [0, 0.1) is 0 Å². The molecule has 66 valence electrons. The molecular formula is C10H10N2S. The maximum Gasteiger partial charge on any atom is 0.0562 e. The van der Waals surface area contributed by atoms with E-state index in [0.717, 1.165) is 13.0 Å². The Morgan fingerprint density at radius 2 is 2.15 bits per heavy atom. The molecule has 0 fully saturated rings. The Balaban J connectivity index is 2.40. The Kier molecular flexibility index (Phi) is 2.36. The highest BCUT2D eigenvalue weighted by Crippen LogP contribution is 2.17. The van der Waals surface area contributed by atoms with Crippen molar-refractivity contribution in [1.29, 1.82) is 0 Å². The summed E-state index contributed by atoms with van der Waals surface area (Å²) >= 11 is 4.56. The monoisotopic (exact) mass is 190 g/mol. The van der Waals surface area contributed by atoms with Crippen LogP contribution in [0.1, 0.15) is 5.56 Å². The van der Waals surface area contributed by atoms with Gasteiger partial charge in [-0.2, -0.15) is 0 Å². The zero-order chi connectivity index (χ0) is 9.10. The maximum atomic E-state index is 4.56. The molecule has 0 aliphatic heterocycles. The number of benzene rings is 1. The highest BCUT2D eigenvalue weighted by atomic mass is 32.1. The van der Waals surface area contributed by atoms with Gasteiger partial charge in [0.2, 0.25) is 0 Å². The molecule has 1 N–H and O–H groups in total. The third kappa shape index (κ3) is 1.60. The number of fused-ring (bicyclic) bond motifs is 1. The first-order valence-corrected chi connectivity index (χ1v) is 4.62. The standard InChI is InChI=1S/C10H10N2S/c13-12-6-5-8-7-11-10-4-2-1-3-9(8)10/h1-4,7,11H,5-6H2. The van der Waals surface area contributed by atoms with E-state index in [4.69, 9.17) is 0 Å². The van der Waals surface area contributed by atoms with Crippen LogP contribution in [0.4, 0.5) is 0 Å². The average Bonchev–Trinajstić information content (AvgIpc) is 2.58. The molecule has 2 nitrogen and oxygen atoms in total. The van der Waals surface area contributed by atoms with E-state index in [1.54, 1.807) is 0 Å². The molecule has 0 atom stereocenters. The van der Waals surface area contributed by atoms with Crippen LogP contribution in [0.3, 0.4) is 0 Å². The van der Waals surface area contributed by atoms with Crippen LogP contribution in [0.2, 0.25) is 0 Å². The molecule has 0 amide bonds. The minimum atomic E-state index is 0.719. The van der Waals surface area contributed by atoms with Gasteiger partial charge in [0.15, 0.2) is 0 Å². The van der Waals surface area contributed by atoms with Gasteiger partial charge in [-0.25, -0.2) is 4.36 Å². The Hall–Kier alpha value is -1.22. The molecule has 0 saturated carbocycles. The van der Waals surface area contributed by atoms with Crippen molar-refractivity contribution in [3.8, 4) is 0 Å². The molecule has 0 spiro atoms. The Labute approximate surface area is 82.1 Å². The van der Waals surface area contributed by atoms with Crippen molar-refractivity contribution >= 4 is 23.3 Å². The minimum Gasteiger partial charge on any atom is -0.361 e. The number of hydrogen-bond acceptors (Lipinski definition) is 2. The largest absolute Gasteiger partial charge is 0.361 e. The summed E-state index contributed by atoms with van der Waals surface area (Å²) in [6, 6.07) is 8.26. The third-order valence-corrected chi connectivity index (χ3v) is 2.33. The van der Waals surface area contributed by atoms with E-state index in [2.05, 4.69) is 33.9 Å². The molecular weight excluding hydrogens is 180 g/mol. The van der Waals surface area contributed by atoms with Gasteiger partial charge in [0.25, 0.3) is 0 Å². The molecule has 1 heterocycles. The summed E-state index contributed by atoms with van der Waals surface area (Å²) in [5, 5.41) is 1.28. The number of aromatic amines is 1. The average molecular weight is 190 g/mol. The van der Waals surface area contributed by atoms with Crippen LogP contribution in [0.5, 0.6) is 0 Å². The van der Waals surface area contributed by atoms with Crippen LogP contribution in [-0.4, -0.2) is 11.5 Å². The van der Waals surface area contributed by atoms with Gasteiger partial charge in [-0.15, -0.1) is 0 Å². The summed E-state index contributed by atoms with van der Waals surface area (Å²) in [6.45, 7) is 0.719. The lowest BCUT2D eigenvalue weighted by molar-refractivity contribution is 0.993. The summed E-state index contributed by atoms with van der Waals surface area (Å²) < 4.78 is 3.69. The lowest BCUT2D eigenvalue weighted by atomic mass is 10.1. The molecule has 3 heteroatoms. The van der Waals surface area contributed by atoms with E-state index >= 15 is 0 Å². The SMILES string of the molecule is S=NCCc1c[nH]c2ccccc12. The van der Waals surface area contributed by atoms with Crippen LogP contribution >= 0.6 is 0 Å². The van der Waals surface area contributed by atoms with Crippen molar-refractivity contribution in [3.63, 3.8) is 0 Å². The predicted octanol–water partition coefficient (Wildman–Crippen LogP) is 2.44. The van der Waals surface area contributed by atoms with E-state index < -0.39 is 0 Å². The van der Waals surface area contributed by atoms with Crippen molar-refractivity contribution in [2.45, 2.75) is 6.42 Å². The predicted molar refractivity (Wildman–Crippen MR) is 56.7 cm³/mol. The van der Waals surface area contributed by atoms with Crippen LogP contribution < -0.4 is 0 Å². The van der Waals surface area contributed by atoms with Gasteiger partial charge in [0.05, 0.1) is 6.54 Å². The van der Waals surface area contributed by atoms with E-state index in [9.17, 15) is 0 Å².